The average molecular weight is 381 g/mol. The van der Waals surface area contributed by atoms with Crippen molar-refractivity contribution in [2.75, 3.05) is 10.6 Å². The van der Waals surface area contributed by atoms with Crippen molar-refractivity contribution in [2.24, 2.45) is 0 Å². The third kappa shape index (κ3) is 3.99. The maximum absolute atomic E-state index is 13.0. The number of aryl methyl sites for hydroxylation is 1. The van der Waals surface area contributed by atoms with E-state index in [1.165, 1.54) is 0 Å². The summed E-state index contributed by atoms with van der Waals surface area (Å²) in [5, 5.41) is 6.69. The second-order valence-corrected chi connectivity index (χ2v) is 6.70. The number of benzene rings is 3. The Morgan fingerprint density at radius 3 is 2.34 bits per heavy atom. The predicted molar refractivity (Wildman–Crippen MR) is 115 cm³/mol. The number of rotatable bonds is 4. The van der Waals surface area contributed by atoms with Gasteiger partial charge in [-0.25, -0.2) is 0 Å². The van der Waals surface area contributed by atoms with Crippen molar-refractivity contribution >= 4 is 34.1 Å². The van der Waals surface area contributed by atoms with Gasteiger partial charge in [-0.3, -0.25) is 14.6 Å². The molecule has 142 valence electrons. The fraction of sp³-hybridized carbons (Fsp3) is 0.0417. The lowest BCUT2D eigenvalue weighted by Crippen LogP contribution is -2.18. The molecule has 2 amide bonds. The summed E-state index contributed by atoms with van der Waals surface area (Å²) in [5.41, 5.74) is 3.69. The highest BCUT2D eigenvalue weighted by Crippen LogP contribution is 2.23. The average Bonchev–Trinajstić information content (AvgIpc) is 2.74. The number of carbonyl (C=O) groups excluding carboxylic acids is 2. The quantitative estimate of drug-likeness (QED) is 0.520. The van der Waals surface area contributed by atoms with Crippen LogP contribution in [0.25, 0.3) is 10.9 Å². The number of hydrogen-bond donors (Lipinski definition) is 2. The minimum atomic E-state index is -0.316. The van der Waals surface area contributed by atoms with E-state index in [0.29, 0.717) is 28.0 Å². The van der Waals surface area contributed by atoms with Crippen LogP contribution in [0, 0.1) is 6.92 Å². The van der Waals surface area contributed by atoms with Crippen molar-refractivity contribution < 1.29 is 9.59 Å². The van der Waals surface area contributed by atoms with Gasteiger partial charge in [0, 0.05) is 17.1 Å². The number of hydrogen-bond acceptors (Lipinski definition) is 3. The Bertz CT molecular complexity index is 1210. The molecule has 4 rings (SSSR count). The fourth-order valence-corrected chi connectivity index (χ4v) is 3.17. The van der Waals surface area contributed by atoms with Crippen molar-refractivity contribution in [3.05, 3.63) is 102 Å². The Balaban J connectivity index is 1.60. The number of anilines is 2. The highest BCUT2D eigenvalue weighted by molar-refractivity contribution is 6.14. The predicted octanol–water partition coefficient (Wildman–Crippen LogP) is 5.05. The lowest BCUT2D eigenvalue weighted by atomic mass is 10.1. The molecule has 29 heavy (non-hydrogen) atoms. The minimum absolute atomic E-state index is 0.263. The molecule has 0 aliphatic rings. The van der Waals surface area contributed by atoms with E-state index >= 15 is 0 Å². The van der Waals surface area contributed by atoms with Crippen molar-refractivity contribution in [3.63, 3.8) is 0 Å². The molecule has 0 spiro atoms. The van der Waals surface area contributed by atoms with Crippen LogP contribution in [0.1, 0.15) is 26.3 Å². The normalized spacial score (nSPS) is 10.5. The standard InChI is InChI=1S/C24H19N3O2/c1-16-7-4-9-18(15-16)23(28)26-20-12-3-2-11-19(20)24(29)27-21-13-5-8-17-10-6-14-25-22(17)21/h2-15H,1H3,(H,26,28)(H,27,29). The van der Waals surface area contributed by atoms with E-state index in [4.69, 9.17) is 0 Å². The van der Waals surface area contributed by atoms with E-state index in [-0.39, 0.29) is 11.8 Å². The summed E-state index contributed by atoms with van der Waals surface area (Å²) < 4.78 is 0. The third-order valence-electron chi connectivity index (χ3n) is 4.58. The van der Waals surface area contributed by atoms with E-state index in [0.717, 1.165) is 10.9 Å². The first-order valence-corrected chi connectivity index (χ1v) is 9.24. The fourth-order valence-electron chi connectivity index (χ4n) is 3.17. The third-order valence-corrected chi connectivity index (χ3v) is 4.58. The van der Waals surface area contributed by atoms with E-state index < -0.39 is 0 Å². The zero-order valence-corrected chi connectivity index (χ0v) is 15.8. The van der Waals surface area contributed by atoms with Crippen LogP contribution in [0.5, 0.6) is 0 Å². The molecule has 4 aromatic rings. The number of fused-ring (bicyclic) bond motifs is 1. The summed E-state index contributed by atoms with van der Waals surface area (Å²) in [7, 11) is 0. The molecular formula is C24H19N3O2. The van der Waals surface area contributed by atoms with Crippen LogP contribution in [0.4, 0.5) is 11.4 Å². The number of nitrogens with zero attached hydrogens (tertiary/aromatic N) is 1. The summed E-state index contributed by atoms with van der Waals surface area (Å²) in [6.45, 7) is 1.93. The van der Waals surface area contributed by atoms with Crippen molar-refractivity contribution in [1.82, 2.24) is 4.98 Å². The summed E-state index contributed by atoms with van der Waals surface area (Å²) in [6.07, 6.45) is 1.69. The monoisotopic (exact) mass is 381 g/mol. The summed E-state index contributed by atoms with van der Waals surface area (Å²) in [4.78, 5) is 29.9. The molecule has 5 heteroatoms. The zero-order chi connectivity index (χ0) is 20.2. The Morgan fingerprint density at radius 1 is 0.759 bits per heavy atom. The Kier molecular flexibility index (Phi) is 5.03. The van der Waals surface area contributed by atoms with Crippen LogP contribution in [0.3, 0.4) is 0 Å². The molecule has 0 saturated carbocycles. The van der Waals surface area contributed by atoms with Crippen LogP contribution < -0.4 is 10.6 Å². The molecule has 0 unspecified atom stereocenters. The van der Waals surface area contributed by atoms with Gasteiger partial charge in [0.05, 0.1) is 22.5 Å². The Labute approximate surface area is 168 Å². The van der Waals surface area contributed by atoms with Gasteiger partial charge in [0.15, 0.2) is 0 Å². The molecular weight excluding hydrogens is 362 g/mol. The van der Waals surface area contributed by atoms with Crippen LogP contribution in [0.2, 0.25) is 0 Å². The first-order chi connectivity index (χ1) is 14.1. The van der Waals surface area contributed by atoms with Gasteiger partial charge < -0.3 is 10.6 Å². The number of aromatic nitrogens is 1. The molecule has 2 N–H and O–H groups in total. The molecule has 1 heterocycles. The first-order valence-electron chi connectivity index (χ1n) is 9.24. The van der Waals surface area contributed by atoms with E-state index in [2.05, 4.69) is 15.6 Å². The van der Waals surface area contributed by atoms with Gasteiger partial charge in [-0.05, 0) is 43.3 Å². The van der Waals surface area contributed by atoms with E-state index in [9.17, 15) is 9.59 Å². The lowest BCUT2D eigenvalue weighted by molar-refractivity contribution is 0.102. The summed E-state index contributed by atoms with van der Waals surface area (Å²) >= 11 is 0. The van der Waals surface area contributed by atoms with Gasteiger partial charge in [0.25, 0.3) is 11.8 Å². The number of para-hydroxylation sites is 2. The molecule has 1 aromatic heterocycles. The number of carbonyl (C=O) groups is 2. The minimum Gasteiger partial charge on any atom is -0.321 e. The van der Waals surface area contributed by atoms with Gasteiger partial charge in [-0.2, -0.15) is 0 Å². The lowest BCUT2D eigenvalue weighted by Gasteiger charge is -2.12. The number of amides is 2. The molecule has 3 aromatic carbocycles. The number of nitrogens with one attached hydrogen (secondary N) is 2. The van der Waals surface area contributed by atoms with Crippen LogP contribution in [0.15, 0.2) is 85.1 Å². The Hall–Kier alpha value is -3.99. The second-order valence-electron chi connectivity index (χ2n) is 6.70. The van der Waals surface area contributed by atoms with Gasteiger partial charge in [-0.1, -0.05) is 48.0 Å². The smallest absolute Gasteiger partial charge is 0.257 e. The SMILES string of the molecule is Cc1cccc(C(=O)Nc2ccccc2C(=O)Nc2cccc3cccnc23)c1. The van der Waals surface area contributed by atoms with Crippen molar-refractivity contribution in [1.29, 1.82) is 0 Å². The first kappa shape index (κ1) is 18.4. The molecule has 0 atom stereocenters. The highest BCUT2D eigenvalue weighted by atomic mass is 16.2. The molecule has 0 aliphatic carbocycles. The summed E-state index contributed by atoms with van der Waals surface area (Å²) in [6, 6.07) is 23.6. The molecule has 5 nitrogen and oxygen atoms in total. The van der Waals surface area contributed by atoms with Gasteiger partial charge in [0.2, 0.25) is 0 Å². The van der Waals surface area contributed by atoms with Gasteiger partial charge >= 0.3 is 0 Å². The van der Waals surface area contributed by atoms with Gasteiger partial charge in [0.1, 0.15) is 0 Å². The van der Waals surface area contributed by atoms with Gasteiger partial charge in [-0.15, -0.1) is 0 Å². The van der Waals surface area contributed by atoms with E-state index in [1.807, 2.05) is 43.3 Å². The highest BCUT2D eigenvalue weighted by Gasteiger charge is 2.15. The summed E-state index contributed by atoms with van der Waals surface area (Å²) in [5.74, 6) is -0.580. The second kappa shape index (κ2) is 7.94. The van der Waals surface area contributed by atoms with Crippen LogP contribution >= 0.6 is 0 Å². The zero-order valence-electron chi connectivity index (χ0n) is 15.8. The van der Waals surface area contributed by atoms with E-state index in [1.54, 1.807) is 48.7 Å². The van der Waals surface area contributed by atoms with Crippen LogP contribution in [-0.4, -0.2) is 16.8 Å². The van der Waals surface area contributed by atoms with Crippen molar-refractivity contribution in [2.45, 2.75) is 6.92 Å². The molecule has 0 radical (unpaired) electrons. The molecule has 0 aliphatic heterocycles. The van der Waals surface area contributed by atoms with Crippen molar-refractivity contribution in [3.8, 4) is 0 Å². The molecule has 0 fully saturated rings. The van der Waals surface area contributed by atoms with Crippen LogP contribution in [-0.2, 0) is 0 Å². The largest absolute Gasteiger partial charge is 0.321 e. The maximum Gasteiger partial charge on any atom is 0.257 e. The molecule has 0 saturated heterocycles. The Morgan fingerprint density at radius 2 is 1.48 bits per heavy atom. The topological polar surface area (TPSA) is 71.1 Å². The number of pyridine rings is 1. The molecule has 0 bridgehead atoms. The maximum atomic E-state index is 13.0.